The Morgan fingerprint density at radius 2 is 2.17 bits per heavy atom. The zero-order valence-corrected chi connectivity index (χ0v) is 6.96. The Labute approximate surface area is 69.7 Å². The number of urea groups is 1. The number of carbonyl (C=O) groups excluding carboxylic acids is 2. The maximum absolute atomic E-state index is 10.8. The molecule has 6 nitrogen and oxygen atoms in total. The summed E-state index contributed by atoms with van der Waals surface area (Å²) in [6.45, 7) is 0.948. The van der Waals surface area contributed by atoms with Gasteiger partial charge >= 0.3 is 12.0 Å². The first-order valence-corrected chi connectivity index (χ1v) is 3.24. The summed E-state index contributed by atoms with van der Waals surface area (Å²) in [5.41, 5.74) is 3.00. The minimum absolute atomic E-state index is 0.269. The van der Waals surface area contributed by atoms with Crippen LogP contribution in [-0.2, 0) is 9.53 Å². The molecule has 4 N–H and O–H groups in total. The number of amides is 2. The molecule has 1 unspecified atom stereocenters. The molecule has 0 heterocycles. The molecule has 1 atom stereocenters. The summed E-state index contributed by atoms with van der Waals surface area (Å²) in [6.07, 6.45) is 0. The molecule has 0 radical (unpaired) electrons. The molecule has 12 heavy (non-hydrogen) atoms. The second kappa shape index (κ2) is 3.91. The van der Waals surface area contributed by atoms with E-state index in [4.69, 9.17) is 5.73 Å². The molecule has 70 valence electrons. The highest BCUT2D eigenvalue weighted by molar-refractivity contribution is 5.80. The van der Waals surface area contributed by atoms with E-state index in [1.54, 1.807) is 0 Å². The summed E-state index contributed by atoms with van der Waals surface area (Å²) in [5.74, 6) is -0.823. The number of hydrogen-bond acceptors (Lipinski definition) is 4. The third-order valence-corrected chi connectivity index (χ3v) is 1.23. The number of nitrogens with one attached hydrogen (secondary N) is 1. The van der Waals surface area contributed by atoms with E-state index in [9.17, 15) is 14.7 Å². The number of methoxy groups -OCH3 is 1. The minimum Gasteiger partial charge on any atom is -0.467 e. The Balaban J connectivity index is 4.03. The molecule has 0 aromatic heterocycles. The second-order valence-electron chi connectivity index (χ2n) is 2.48. The van der Waals surface area contributed by atoms with Crippen molar-refractivity contribution in [1.29, 1.82) is 0 Å². The number of nitrogens with two attached hydrogens (primary N) is 1. The Morgan fingerprint density at radius 1 is 1.67 bits per heavy atom. The van der Waals surface area contributed by atoms with Crippen LogP contribution < -0.4 is 11.1 Å². The van der Waals surface area contributed by atoms with Crippen LogP contribution >= 0.6 is 0 Å². The highest BCUT2D eigenvalue weighted by atomic mass is 16.5. The molecule has 6 heteroatoms. The van der Waals surface area contributed by atoms with Crippen molar-refractivity contribution in [3.05, 3.63) is 0 Å². The maximum atomic E-state index is 10.8. The van der Waals surface area contributed by atoms with E-state index in [2.05, 4.69) is 10.1 Å². The summed E-state index contributed by atoms with van der Waals surface area (Å²) in [4.78, 5) is 21.0. The number of rotatable bonds is 3. The van der Waals surface area contributed by atoms with E-state index >= 15 is 0 Å². The Kier molecular flexibility index (Phi) is 3.49. The molecule has 0 aromatic carbocycles. The average molecular weight is 176 g/mol. The van der Waals surface area contributed by atoms with E-state index in [0.717, 1.165) is 7.11 Å². The van der Waals surface area contributed by atoms with Crippen molar-refractivity contribution < 1.29 is 19.4 Å². The van der Waals surface area contributed by atoms with Gasteiger partial charge in [0.25, 0.3) is 0 Å². The molecule has 0 saturated carbocycles. The molecule has 0 aliphatic rings. The highest BCUT2D eigenvalue weighted by Crippen LogP contribution is 2.02. The molecule has 0 spiro atoms. The van der Waals surface area contributed by atoms with Crippen LogP contribution in [-0.4, -0.2) is 36.4 Å². The quantitative estimate of drug-likeness (QED) is 0.459. The van der Waals surface area contributed by atoms with Gasteiger partial charge in [-0.15, -0.1) is 0 Å². The standard InChI is InChI=1S/C6H12N2O4/c1-6(11,4(9)12-2)3-8-5(7)10/h11H,3H2,1-2H3,(H3,7,8,10). The predicted molar refractivity (Wildman–Crippen MR) is 40.2 cm³/mol. The van der Waals surface area contributed by atoms with Gasteiger partial charge in [-0.1, -0.05) is 0 Å². The molecule has 2 amide bonds. The fourth-order valence-corrected chi connectivity index (χ4v) is 0.551. The zero-order chi connectivity index (χ0) is 9.78. The van der Waals surface area contributed by atoms with Crippen LogP contribution in [0.3, 0.4) is 0 Å². The summed E-state index contributed by atoms with van der Waals surface area (Å²) >= 11 is 0. The van der Waals surface area contributed by atoms with Crippen molar-refractivity contribution in [2.75, 3.05) is 13.7 Å². The summed E-state index contributed by atoms with van der Waals surface area (Å²) in [7, 11) is 1.14. The molecule has 0 fully saturated rings. The van der Waals surface area contributed by atoms with Crippen LogP contribution in [0.15, 0.2) is 0 Å². The number of ether oxygens (including phenoxy) is 1. The van der Waals surface area contributed by atoms with Crippen molar-refractivity contribution in [1.82, 2.24) is 5.32 Å². The van der Waals surface area contributed by atoms with Crippen molar-refractivity contribution in [2.24, 2.45) is 5.73 Å². The smallest absolute Gasteiger partial charge is 0.339 e. The topological polar surface area (TPSA) is 102 Å². The van der Waals surface area contributed by atoms with Gasteiger partial charge in [-0.05, 0) is 6.92 Å². The first-order valence-electron chi connectivity index (χ1n) is 3.24. The number of esters is 1. The van der Waals surface area contributed by atoms with E-state index in [-0.39, 0.29) is 6.54 Å². The van der Waals surface area contributed by atoms with Crippen LogP contribution in [0, 0.1) is 0 Å². The number of carbonyl (C=O) groups is 2. The molecule has 0 rings (SSSR count). The molecule has 0 saturated heterocycles. The van der Waals surface area contributed by atoms with Crippen LogP contribution in [0.5, 0.6) is 0 Å². The monoisotopic (exact) mass is 176 g/mol. The fraction of sp³-hybridized carbons (Fsp3) is 0.667. The Hall–Kier alpha value is -1.30. The second-order valence-corrected chi connectivity index (χ2v) is 2.48. The molecular formula is C6H12N2O4. The lowest BCUT2D eigenvalue weighted by atomic mass is 10.1. The molecule has 0 aliphatic carbocycles. The Morgan fingerprint density at radius 3 is 2.50 bits per heavy atom. The normalized spacial score (nSPS) is 14.6. The van der Waals surface area contributed by atoms with Gasteiger partial charge in [0, 0.05) is 0 Å². The van der Waals surface area contributed by atoms with Crippen LogP contribution in [0.1, 0.15) is 6.92 Å². The first-order chi connectivity index (χ1) is 5.40. The maximum Gasteiger partial charge on any atom is 0.339 e. The predicted octanol–water partition coefficient (Wildman–Crippen LogP) is -1.42. The summed E-state index contributed by atoms with van der Waals surface area (Å²) < 4.78 is 4.27. The first kappa shape index (κ1) is 10.7. The lowest BCUT2D eigenvalue weighted by Crippen LogP contribution is -2.48. The van der Waals surface area contributed by atoms with Gasteiger partial charge in [0.05, 0.1) is 13.7 Å². The van der Waals surface area contributed by atoms with Crippen molar-refractivity contribution >= 4 is 12.0 Å². The zero-order valence-electron chi connectivity index (χ0n) is 6.96. The number of aliphatic hydroxyl groups is 1. The third kappa shape index (κ3) is 3.20. The summed E-state index contributed by atoms with van der Waals surface area (Å²) in [5, 5.41) is 11.4. The number of primary amides is 1. The van der Waals surface area contributed by atoms with Crippen molar-refractivity contribution in [3.63, 3.8) is 0 Å². The van der Waals surface area contributed by atoms with E-state index < -0.39 is 17.6 Å². The van der Waals surface area contributed by atoms with Gasteiger partial charge in [0.15, 0.2) is 5.60 Å². The van der Waals surface area contributed by atoms with Crippen LogP contribution in [0.2, 0.25) is 0 Å². The molecule has 0 bridgehead atoms. The minimum atomic E-state index is -1.73. The van der Waals surface area contributed by atoms with E-state index in [0.29, 0.717) is 0 Å². The summed E-state index contributed by atoms with van der Waals surface area (Å²) in [6, 6.07) is -0.806. The SMILES string of the molecule is COC(=O)C(C)(O)CNC(N)=O. The van der Waals surface area contributed by atoms with Gasteiger partial charge in [-0.3, -0.25) is 0 Å². The van der Waals surface area contributed by atoms with Gasteiger partial charge < -0.3 is 20.9 Å². The van der Waals surface area contributed by atoms with Crippen LogP contribution in [0.25, 0.3) is 0 Å². The lowest BCUT2D eigenvalue weighted by Gasteiger charge is -2.19. The van der Waals surface area contributed by atoms with Gasteiger partial charge in [0.1, 0.15) is 0 Å². The third-order valence-electron chi connectivity index (χ3n) is 1.23. The van der Waals surface area contributed by atoms with E-state index in [1.807, 2.05) is 0 Å². The highest BCUT2D eigenvalue weighted by Gasteiger charge is 2.31. The number of hydrogen-bond donors (Lipinski definition) is 3. The van der Waals surface area contributed by atoms with Crippen molar-refractivity contribution in [2.45, 2.75) is 12.5 Å². The molecule has 0 aromatic rings. The fourth-order valence-electron chi connectivity index (χ4n) is 0.551. The van der Waals surface area contributed by atoms with Crippen molar-refractivity contribution in [3.8, 4) is 0 Å². The van der Waals surface area contributed by atoms with Gasteiger partial charge in [-0.2, -0.15) is 0 Å². The Bertz CT molecular complexity index is 190. The average Bonchev–Trinajstić information content (AvgIpc) is 1.99. The van der Waals surface area contributed by atoms with Crippen LogP contribution in [0.4, 0.5) is 4.79 Å². The lowest BCUT2D eigenvalue weighted by molar-refractivity contribution is -0.159. The largest absolute Gasteiger partial charge is 0.467 e. The molecule has 0 aliphatic heterocycles. The van der Waals surface area contributed by atoms with Gasteiger partial charge in [-0.25, -0.2) is 9.59 Å². The van der Waals surface area contributed by atoms with Gasteiger partial charge in [0.2, 0.25) is 0 Å². The van der Waals surface area contributed by atoms with E-state index in [1.165, 1.54) is 6.92 Å². The molecular weight excluding hydrogens is 164 g/mol.